The zero-order valence-corrected chi connectivity index (χ0v) is 14.9. The number of carbonyl (C=O) groups is 1. The van der Waals surface area contributed by atoms with Crippen LogP contribution in [0.2, 0.25) is 0 Å². The Balaban J connectivity index is 1.27. The summed E-state index contributed by atoms with van der Waals surface area (Å²) in [6.45, 7) is 2.26. The van der Waals surface area contributed by atoms with E-state index in [0.29, 0.717) is 24.4 Å². The molecular formula is C19H25N5O2. The van der Waals surface area contributed by atoms with Crippen LogP contribution in [0.3, 0.4) is 0 Å². The van der Waals surface area contributed by atoms with Gasteiger partial charge in [0, 0.05) is 24.4 Å². The molecule has 0 bridgehead atoms. The molecule has 1 saturated carbocycles. The van der Waals surface area contributed by atoms with Gasteiger partial charge in [0.1, 0.15) is 0 Å². The number of rotatable bonds is 5. The first kappa shape index (κ1) is 17.1. The number of nitrogens with zero attached hydrogens (tertiary/aromatic N) is 4. The fourth-order valence-corrected chi connectivity index (χ4v) is 3.89. The van der Waals surface area contributed by atoms with Crippen LogP contribution in [0.15, 0.2) is 28.9 Å². The van der Waals surface area contributed by atoms with Gasteiger partial charge >= 0.3 is 0 Å². The van der Waals surface area contributed by atoms with Crippen molar-refractivity contribution < 1.29 is 9.21 Å². The lowest BCUT2D eigenvalue weighted by Gasteiger charge is -2.30. The Hall–Kier alpha value is -2.28. The van der Waals surface area contributed by atoms with Gasteiger partial charge in [-0.1, -0.05) is 12.8 Å². The Bertz CT molecular complexity index is 719. The fourth-order valence-electron chi connectivity index (χ4n) is 3.89. The van der Waals surface area contributed by atoms with Gasteiger partial charge in [-0.05, 0) is 50.9 Å². The molecule has 2 aromatic heterocycles. The van der Waals surface area contributed by atoms with E-state index in [2.05, 4.69) is 25.4 Å². The number of hydrogen-bond acceptors (Lipinski definition) is 6. The second-order valence-corrected chi connectivity index (χ2v) is 7.29. The summed E-state index contributed by atoms with van der Waals surface area (Å²) in [4.78, 5) is 18.5. The number of pyridine rings is 1. The highest BCUT2D eigenvalue weighted by Gasteiger charge is 2.27. The van der Waals surface area contributed by atoms with Crippen molar-refractivity contribution in [1.29, 1.82) is 0 Å². The van der Waals surface area contributed by atoms with Gasteiger partial charge in [0.15, 0.2) is 0 Å². The summed E-state index contributed by atoms with van der Waals surface area (Å²) >= 11 is 0. The number of nitrogens with one attached hydrogen (secondary N) is 1. The third kappa shape index (κ3) is 4.09. The van der Waals surface area contributed by atoms with E-state index >= 15 is 0 Å². The zero-order chi connectivity index (χ0) is 17.8. The number of amides is 1. The number of hydrogen-bond donors (Lipinski definition) is 1. The van der Waals surface area contributed by atoms with E-state index in [9.17, 15) is 4.79 Å². The van der Waals surface area contributed by atoms with Crippen molar-refractivity contribution in [3.05, 3.63) is 30.4 Å². The zero-order valence-electron chi connectivity index (χ0n) is 14.9. The molecular weight excluding hydrogens is 330 g/mol. The summed E-state index contributed by atoms with van der Waals surface area (Å²) in [5, 5.41) is 11.5. The highest BCUT2D eigenvalue weighted by Crippen LogP contribution is 2.29. The van der Waals surface area contributed by atoms with Crippen LogP contribution in [0.25, 0.3) is 11.5 Å². The highest BCUT2D eigenvalue weighted by atomic mass is 16.4. The molecule has 0 aromatic carbocycles. The summed E-state index contributed by atoms with van der Waals surface area (Å²) < 4.78 is 5.85. The molecule has 0 unspecified atom stereocenters. The molecule has 2 aliphatic rings. The first-order valence-corrected chi connectivity index (χ1v) is 9.53. The molecule has 3 heterocycles. The molecule has 0 atom stereocenters. The Labute approximate surface area is 153 Å². The lowest BCUT2D eigenvalue weighted by molar-refractivity contribution is -0.123. The van der Waals surface area contributed by atoms with Crippen LogP contribution < -0.4 is 5.32 Å². The molecule has 1 aliphatic carbocycles. The molecule has 7 heteroatoms. The number of aromatic nitrogens is 3. The van der Waals surface area contributed by atoms with Gasteiger partial charge in [-0.15, -0.1) is 10.2 Å². The van der Waals surface area contributed by atoms with Crippen molar-refractivity contribution in [3.63, 3.8) is 0 Å². The SMILES string of the molecule is O=C(CN1CCC(c2nnc(-c3cccnc3)o2)CC1)NC1CCCC1. The molecule has 0 spiro atoms. The summed E-state index contributed by atoms with van der Waals surface area (Å²) in [5.74, 6) is 1.64. The number of carbonyl (C=O) groups excluding carboxylic acids is 1. The minimum Gasteiger partial charge on any atom is -0.420 e. The average Bonchev–Trinajstić information content (AvgIpc) is 3.35. The largest absolute Gasteiger partial charge is 0.420 e. The Morgan fingerprint density at radius 3 is 2.73 bits per heavy atom. The lowest BCUT2D eigenvalue weighted by Crippen LogP contribution is -2.43. The predicted molar refractivity (Wildman–Crippen MR) is 96.3 cm³/mol. The topological polar surface area (TPSA) is 84.2 Å². The quantitative estimate of drug-likeness (QED) is 0.886. The van der Waals surface area contributed by atoms with Crippen molar-refractivity contribution >= 4 is 5.91 Å². The van der Waals surface area contributed by atoms with Crippen LogP contribution in [0, 0.1) is 0 Å². The van der Waals surface area contributed by atoms with E-state index < -0.39 is 0 Å². The average molecular weight is 355 g/mol. The van der Waals surface area contributed by atoms with Crippen LogP contribution in [0.4, 0.5) is 0 Å². The highest BCUT2D eigenvalue weighted by molar-refractivity contribution is 5.78. The molecule has 4 rings (SSSR count). The lowest BCUT2D eigenvalue weighted by atomic mass is 9.97. The van der Waals surface area contributed by atoms with Crippen LogP contribution in [0.1, 0.15) is 50.3 Å². The summed E-state index contributed by atoms with van der Waals surface area (Å²) in [6, 6.07) is 4.16. The first-order chi connectivity index (χ1) is 12.8. The van der Waals surface area contributed by atoms with Gasteiger partial charge < -0.3 is 9.73 Å². The monoisotopic (exact) mass is 355 g/mol. The first-order valence-electron chi connectivity index (χ1n) is 9.53. The third-order valence-corrected chi connectivity index (χ3v) is 5.37. The van der Waals surface area contributed by atoms with Crippen LogP contribution >= 0.6 is 0 Å². The molecule has 1 amide bonds. The fraction of sp³-hybridized carbons (Fsp3) is 0.579. The standard InChI is InChI=1S/C19H25N5O2/c25-17(21-16-5-1-2-6-16)13-24-10-7-14(8-11-24)18-22-23-19(26-18)15-4-3-9-20-12-15/h3-4,9,12,14,16H,1-2,5-8,10-11,13H2,(H,21,25). The molecule has 138 valence electrons. The normalized spacial score (nSPS) is 19.7. The van der Waals surface area contributed by atoms with E-state index in [0.717, 1.165) is 44.3 Å². The van der Waals surface area contributed by atoms with E-state index in [1.165, 1.54) is 12.8 Å². The van der Waals surface area contributed by atoms with E-state index in [4.69, 9.17) is 4.42 Å². The number of likely N-dealkylation sites (tertiary alicyclic amines) is 1. The summed E-state index contributed by atoms with van der Waals surface area (Å²) in [7, 11) is 0. The molecule has 26 heavy (non-hydrogen) atoms. The van der Waals surface area contributed by atoms with Gasteiger partial charge in [0.25, 0.3) is 0 Å². The Morgan fingerprint density at radius 1 is 1.19 bits per heavy atom. The molecule has 1 aliphatic heterocycles. The predicted octanol–water partition coefficient (Wildman–Crippen LogP) is 2.37. The Kier molecular flexibility index (Phi) is 5.24. The van der Waals surface area contributed by atoms with Gasteiger partial charge in [0.05, 0.1) is 12.1 Å². The maximum Gasteiger partial charge on any atom is 0.249 e. The van der Waals surface area contributed by atoms with Crippen molar-refractivity contribution in [2.24, 2.45) is 0 Å². The molecule has 2 aromatic rings. The van der Waals surface area contributed by atoms with Crippen molar-refractivity contribution in [3.8, 4) is 11.5 Å². The maximum atomic E-state index is 12.2. The molecule has 2 fully saturated rings. The second kappa shape index (κ2) is 7.95. The molecule has 0 radical (unpaired) electrons. The van der Waals surface area contributed by atoms with Crippen molar-refractivity contribution in [2.75, 3.05) is 19.6 Å². The Morgan fingerprint density at radius 2 is 2.00 bits per heavy atom. The van der Waals surface area contributed by atoms with Gasteiger partial charge in [0.2, 0.25) is 17.7 Å². The van der Waals surface area contributed by atoms with Crippen LogP contribution in [-0.4, -0.2) is 51.7 Å². The van der Waals surface area contributed by atoms with Gasteiger partial charge in [-0.25, -0.2) is 0 Å². The number of piperidine rings is 1. The van der Waals surface area contributed by atoms with Gasteiger partial charge in [-0.3, -0.25) is 14.7 Å². The van der Waals surface area contributed by atoms with Gasteiger partial charge in [-0.2, -0.15) is 0 Å². The summed E-state index contributed by atoms with van der Waals surface area (Å²) in [6.07, 6.45) is 10.1. The van der Waals surface area contributed by atoms with E-state index in [1.54, 1.807) is 12.4 Å². The molecule has 1 saturated heterocycles. The smallest absolute Gasteiger partial charge is 0.249 e. The minimum atomic E-state index is 0.159. The van der Waals surface area contributed by atoms with Crippen LogP contribution in [0.5, 0.6) is 0 Å². The van der Waals surface area contributed by atoms with Crippen LogP contribution in [-0.2, 0) is 4.79 Å². The van der Waals surface area contributed by atoms with E-state index in [-0.39, 0.29) is 11.8 Å². The second-order valence-electron chi connectivity index (χ2n) is 7.29. The molecule has 7 nitrogen and oxygen atoms in total. The van der Waals surface area contributed by atoms with E-state index in [1.807, 2.05) is 12.1 Å². The minimum absolute atomic E-state index is 0.159. The molecule has 1 N–H and O–H groups in total. The van der Waals surface area contributed by atoms with Crippen molar-refractivity contribution in [1.82, 2.24) is 25.4 Å². The third-order valence-electron chi connectivity index (χ3n) is 5.37. The summed E-state index contributed by atoms with van der Waals surface area (Å²) in [5.41, 5.74) is 0.840. The maximum absolute atomic E-state index is 12.2. The van der Waals surface area contributed by atoms with Crippen molar-refractivity contribution in [2.45, 2.75) is 50.5 Å².